The number of carboxylic acids is 1. The van der Waals surface area contributed by atoms with Crippen molar-refractivity contribution in [3.63, 3.8) is 0 Å². The number of carbonyl (C=O) groups is 1. The lowest BCUT2D eigenvalue weighted by Gasteiger charge is -2.41. The highest BCUT2D eigenvalue weighted by molar-refractivity contribution is 5.71. The van der Waals surface area contributed by atoms with E-state index in [1.807, 2.05) is 6.92 Å². The van der Waals surface area contributed by atoms with Crippen LogP contribution in [0, 0.1) is 5.92 Å². The molecule has 0 amide bonds. The molecule has 17 heavy (non-hydrogen) atoms. The zero-order valence-electron chi connectivity index (χ0n) is 9.83. The van der Waals surface area contributed by atoms with Crippen molar-refractivity contribution in [3.8, 4) is 0 Å². The first-order chi connectivity index (χ1) is 8.04. The van der Waals surface area contributed by atoms with Crippen LogP contribution in [0.1, 0.15) is 32.0 Å². The van der Waals surface area contributed by atoms with E-state index in [0.717, 1.165) is 18.8 Å². The highest BCUT2D eigenvalue weighted by Crippen LogP contribution is 2.39. The highest BCUT2D eigenvalue weighted by Gasteiger charge is 2.46. The molecule has 1 saturated carbocycles. The average molecular weight is 239 g/mol. The van der Waals surface area contributed by atoms with E-state index in [1.54, 1.807) is 4.68 Å². The molecule has 0 radical (unpaired) electrons. The second kappa shape index (κ2) is 4.44. The molecule has 1 fully saturated rings. The van der Waals surface area contributed by atoms with Gasteiger partial charge in [0.05, 0.1) is 11.5 Å². The van der Waals surface area contributed by atoms with Gasteiger partial charge < -0.3 is 10.2 Å². The van der Waals surface area contributed by atoms with Crippen LogP contribution in [0.25, 0.3) is 0 Å². The van der Waals surface area contributed by atoms with Crippen LogP contribution in [-0.2, 0) is 17.8 Å². The minimum atomic E-state index is -0.915. The SMILES string of the molecule is CCCn1ncnc1CC1(O)CC(C(=O)O)C1. The number of aromatic nitrogens is 3. The highest BCUT2D eigenvalue weighted by atomic mass is 16.4. The summed E-state index contributed by atoms with van der Waals surface area (Å²) >= 11 is 0. The minimum absolute atomic E-state index is 0.307. The smallest absolute Gasteiger partial charge is 0.306 e. The van der Waals surface area contributed by atoms with Gasteiger partial charge in [0.1, 0.15) is 12.2 Å². The predicted molar refractivity (Wildman–Crippen MR) is 59.3 cm³/mol. The molecule has 2 N–H and O–H groups in total. The fourth-order valence-corrected chi connectivity index (χ4v) is 2.29. The lowest BCUT2D eigenvalue weighted by Crippen LogP contribution is -2.49. The fourth-order valence-electron chi connectivity index (χ4n) is 2.29. The van der Waals surface area contributed by atoms with Crippen molar-refractivity contribution in [2.75, 3.05) is 0 Å². The number of carboxylic acid groups (broad SMARTS) is 1. The van der Waals surface area contributed by atoms with Crippen molar-refractivity contribution in [2.24, 2.45) is 5.92 Å². The maximum absolute atomic E-state index is 10.7. The van der Waals surface area contributed by atoms with E-state index in [4.69, 9.17) is 5.11 Å². The molecule has 0 aromatic carbocycles. The third kappa shape index (κ3) is 2.46. The molecular formula is C11H17N3O3. The van der Waals surface area contributed by atoms with Gasteiger partial charge >= 0.3 is 5.97 Å². The largest absolute Gasteiger partial charge is 0.481 e. The van der Waals surface area contributed by atoms with Gasteiger partial charge in [-0.15, -0.1) is 0 Å². The van der Waals surface area contributed by atoms with Crippen LogP contribution < -0.4 is 0 Å². The molecule has 0 saturated heterocycles. The quantitative estimate of drug-likeness (QED) is 0.779. The summed E-state index contributed by atoms with van der Waals surface area (Å²) in [6, 6.07) is 0. The van der Waals surface area contributed by atoms with Gasteiger partial charge in [0.25, 0.3) is 0 Å². The van der Waals surface area contributed by atoms with Gasteiger partial charge in [0.15, 0.2) is 0 Å². The molecule has 0 atom stereocenters. The number of aliphatic carboxylic acids is 1. The molecular weight excluding hydrogens is 222 g/mol. The lowest BCUT2D eigenvalue weighted by molar-refractivity contribution is -0.158. The molecule has 1 heterocycles. The Bertz CT molecular complexity index is 410. The molecule has 1 aromatic rings. The van der Waals surface area contributed by atoms with E-state index in [0.29, 0.717) is 19.3 Å². The van der Waals surface area contributed by atoms with Gasteiger partial charge in [-0.05, 0) is 19.3 Å². The van der Waals surface area contributed by atoms with Crippen LogP contribution in [0.2, 0.25) is 0 Å². The molecule has 1 aliphatic carbocycles. The molecule has 6 nitrogen and oxygen atoms in total. The number of hydrogen-bond donors (Lipinski definition) is 2. The Hall–Kier alpha value is -1.43. The number of rotatable bonds is 5. The lowest BCUT2D eigenvalue weighted by atomic mass is 9.69. The molecule has 0 aliphatic heterocycles. The van der Waals surface area contributed by atoms with E-state index < -0.39 is 17.5 Å². The van der Waals surface area contributed by atoms with Crippen molar-refractivity contribution in [2.45, 2.75) is 44.8 Å². The second-order valence-electron chi connectivity index (χ2n) is 4.74. The van der Waals surface area contributed by atoms with Crippen molar-refractivity contribution in [1.82, 2.24) is 14.8 Å². The number of aryl methyl sites for hydroxylation is 1. The van der Waals surface area contributed by atoms with Crippen LogP contribution >= 0.6 is 0 Å². The van der Waals surface area contributed by atoms with E-state index in [-0.39, 0.29) is 0 Å². The molecule has 0 unspecified atom stereocenters. The Morgan fingerprint density at radius 3 is 2.94 bits per heavy atom. The van der Waals surface area contributed by atoms with Gasteiger partial charge in [-0.2, -0.15) is 5.10 Å². The predicted octanol–water partition coefficient (Wildman–Crippen LogP) is 0.456. The first kappa shape index (κ1) is 12.0. The van der Waals surface area contributed by atoms with Crippen molar-refractivity contribution in [1.29, 1.82) is 0 Å². The number of aliphatic hydroxyl groups is 1. The molecule has 1 aliphatic rings. The Morgan fingerprint density at radius 2 is 2.35 bits per heavy atom. The summed E-state index contributed by atoms with van der Waals surface area (Å²) < 4.78 is 1.77. The first-order valence-corrected chi connectivity index (χ1v) is 5.86. The number of hydrogen-bond acceptors (Lipinski definition) is 4. The third-order valence-corrected chi connectivity index (χ3v) is 3.22. The minimum Gasteiger partial charge on any atom is -0.481 e. The van der Waals surface area contributed by atoms with Gasteiger partial charge in [0, 0.05) is 13.0 Å². The molecule has 6 heteroatoms. The normalized spacial score (nSPS) is 27.8. The van der Waals surface area contributed by atoms with Crippen LogP contribution in [0.4, 0.5) is 0 Å². The van der Waals surface area contributed by atoms with Crippen LogP contribution in [0.15, 0.2) is 6.33 Å². The van der Waals surface area contributed by atoms with Gasteiger partial charge in [-0.25, -0.2) is 4.98 Å². The van der Waals surface area contributed by atoms with Gasteiger partial charge in [0.2, 0.25) is 0 Å². The molecule has 0 bridgehead atoms. The van der Waals surface area contributed by atoms with Crippen molar-refractivity contribution >= 4 is 5.97 Å². The molecule has 94 valence electrons. The Labute approximate surface area is 99.3 Å². The third-order valence-electron chi connectivity index (χ3n) is 3.22. The summed E-state index contributed by atoms with van der Waals surface area (Å²) in [6.07, 6.45) is 3.42. The number of nitrogens with zero attached hydrogens (tertiary/aromatic N) is 3. The maximum atomic E-state index is 10.7. The maximum Gasteiger partial charge on any atom is 0.306 e. The zero-order valence-corrected chi connectivity index (χ0v) is 9.83. The Kier molecular flexibility index (Phi) is 3.15. The van der Waals surface area contributed by atoms with Gasteiger partial charge in [-0.1, -0.05) is 6.92 Å². The second-order valence-corrected chi connectivity index (χ2v) is 4.74. The standard InChI is InChI=1S/C11H17N3O3/c1-2-3-14-9(12-7-13-14)6-11(17)4-8(5-11)10(15)16/h7-8,17H,2-6H2,1H3,(H,15,16). The Morgan fingerprint density at radius 1 is 1.65 bits per heavy atom. The average Bonchev–Trinajstić information content (AvgIpc) is 2.62. The monoisotopic (exact) mass is 239 g/mol. The van der Waals surface area contributed by atoms with Crippen LogP contribution in [0.3, 0.4) is 0 Å². The van der Waals surface area contributed by atoms with E-state index in [1.165, 1.54) is 6.33 Å². The molecule has 0 spiro atoms. The van der Waals surface area contributed by atoms with Crippen molar-refractivity contribution in [3.05, 3.63) is 12.2 Å². The van der Waals surface area contributed by atoms with Crippen LogP contribution in [0.5, 0.6) is 0 Å². The molecule has 2 rings (SSSR count). The van der Waals surface area contributed by atoms with Gasteiger partial charge in [-0.3, -0.25) is 9.48 Å². The topological polar surface area (TPSA) is 88.2 Å². The van der Waals surface area contributed by atoms with Crippen molar-refractivity contribution < 1.29 is 15.0 Å². The Balaban J connectivity index is 1.97. The summed E-state index contributed by atoms with van der Waals surface area (Å²) in [5.74, 6) is -0.509. The zero-order chi connectivity index (χ0) is 12.5. The van der Waals surface area contributed by atoms with E-state index in [2.05, 4.69) is 10.1 Å². The fraction of sp³-hybridized carbons (Fsp3) is 0.727. The summed E-state index contributed by atoms with van der Waals surface area (Å²) in [6.45, 7) is 2.82. The first-order valence-electron chi connectivity index (χ1n) is 5.86. The summed E-state index contributed by atoms with van der Waals surface area (Å²) in [4.78, 5) is 14.8. The molecule has 1 aromatic heterocycles. The van der Waals surface area contributed by atoms with Crippen LogP contribution in [-0.4, -0.2) is 36.5 Å². The summed E-state index contributed by atoms with van der Waals surface area (Å²) in [7, 11) is 0. The summed E-state index contributed by atoms with van der Waals surface area (Å²) in [5.41, 5.74) is -0.915. The van der Waals surface area contributed by atoms with E-state index in [9.17, 15) is 9.90 Å². The van der Waals surface area contributed by atoms with E-state index >= 15 is 0 Å². The summed E-state index contributed by atoms with van der Waals surface area (Å²) in [5, 5.41) is 23.0.